The number of methoxy groups -OCH3 is 1. The smallest absolute Gasteiger partial charge is 0.306 e. The normalized spacial score (nSPS) is 9.62. The second kappa shape index (κ2) is 9.61. The number of hydrogen-bond acceptors (Lipinski definition) is 4. The molecule has 0 heterocycles. The summed E-state index contributed by atoms with van der Waals surface area (Å²) in [7, 11) is 1.41. The summed E-state index contributed by atoms with van der Waals surface area (Å²) in [4.78, 5) is 10.7. The van der Waals surface area contributed by atoms with Crippen LogP contribution in [0.2, 0.25) is 0 Å². The van der Waals surface area contributed by atoms with Crippen LogP contribution >= 0.6 is 11.8 Å². The number of hydrogen-bond donors (Lipinski definition) is 1. The van der Waals surface area contributed by atoms with Crippen molar-refractivity contribution in [1.82, 2.24) is 5.32 Å². The fraction of sp³-hybridized carbons (Fsp3) is 0.667. The van der Waals surface area contributed by atoms with E-state index in [4.69, 9.17) is 0 Å². The lowest BCUT2D eigenvalue weighted by Gasteiger charge is -2.02. The summed E-state index contributed by atoms with van der Waals surface area (Å²) in [6.45, 7) is 5.25. The van der Waals surface area contributed by atoms with Crippen molar-refractivity contribution in [2.45, 2.75) is 6.42 Å². The Morgan fingerprint density at radius 1 is 1.62 bits per heavy atom. The molecule has 13 heavy (non-hydrogen) atoms. The molecule has 3 nitrogen and oxygen atoms in total. The molecule has 0 aliphatic rings. The van der Waals surface area contributed by atoms with Crippen molar-refractivity contribution in [2.75, 3.05) is 31.7 Å². The highest BCUT2D eigenvalue weighted by Crippen LogP contribution is 1.96. The van der Waals surface area contributed by atoms with E-state index in [9.17, 15) is 4.79 Å². The molecule has 0 atom stereocenters. The number of thioether (sulfide) groups is 1. The summed E-state index contributed by atoms with van der Waals surface area (Å²) in [6, 6.07) is 0. The fourth-order valence-corrected chi connectivity index (χ4v) is 1.35. The zero-order chi connectivity index (χ0) is 9.94. The lowest BCUT2D eigenvalue weighted by Crippen LogP contribution is -2.21. The molecule has 0 unspecified atom stereocenters. The van der Waals surface area contributed by atoms with E-state index >= 15 is 0 Å². The van der Waals surface area contributed by atoms with Gasteiger partial charge in [0.25, 0.3) is 0 Å². The van der Waals surface area contributed by atoms with Crippen molar-refractivity contribution in [2.24, 2.45) is 0 Å². The third-order valence-electron chi connectivity index (χ3n) is 1.39. The summed E-state index contributed by atoms with van der Waals surface area (Å²) in [6.07, 6.45) is 2.34. The fourth-order valence-electron chi connectivity index (χ4n) is 0.729. The van der Waals surface area contributed by atoms with Crippen molar-refractivity contribution in [3.8, 4) is 0 Å². The first kappa shape index (κ1) is 12.5. The molecule has 0 aliphatic heterocycles. The standard InChI is InChI=1S/C9H17NO2S/c1-3-7-13-8-6-10-5-4-9(11)12-2/h3,10H,1,4-8H2,2H3. The molecule has 0 saturated carbocycles. The van der Waals surface area contributed by atoms with Gasteiger partial charge in [0, 0.05) is 24.6 Å². The quantitative estimate of drug-likeness (QED) is 0.364. The van der Waals surface area contributed by atoms with E-state index in [1.165, 1.54) is 7.11 Å². The van der Waals surface area contributed by atoms with Crippen LogP contribution in [0.4, 0.5) is 0 Å². The number of carbonyl (C=O) groups is 1. The summed E-state index contributed by atoms with van der Waals surface area (Å²) < 4.78 is 4.50. The molecule has 0 fully saturated rings. The summed E-state index contributed by atoms with van der Waals surface area (Å²) in [5.74, 6) is 1.87. The third-order valence-corrected chi connectivity index (χ3v) is 2.36. The average Bonchev–Trinajstić information content (AvgIpc) is 2.16. The van der Waals surface area contributed by atoms with Crippen molar-refractivity contribution in [3.63, 3.8) is 0 Å². The van der Waals surface area contributed by atoms with E-state index < -0.39 is 0 Å². The molecule has 0 saturated heterocycles. The average molecular weight is 203 g/mol. The molecule has 0 aromatic heterocycles. The summed E-state index contributed by atoms with van der Waals surface area (Å²) >= 11 is 1.82. The summed E-state index contributed by atoms with van der Waals surface area (Å²) in [5.41, 5.74) is 0. The monoisotopic (exact) mass is 203 g/mol. The Morgan fingerprint density at radius 3 is 3.00 bits per heavy atom. The number of esters is 1. The SMILES string of the molecule is C=CCSCCNCCC(=O)OC. The zero-order valence-electron chi connectivity index (χ0n) is 8.04. The Kier molecular flexibility index (Phi) is 9.25. The maximum atomic E-state index is 10.7. The Morgan fingerprint density at radius 2 is 2.38 bits per heavy atom. The van der Waals surface area contributed by atoms with Crippen molar-refractivity contribution in [3.05, 3.63) is 12.7 Å². The zero-order valence-corrected chi connectivity index (χ0v) is 8.86. The van der Waals surface area contributed by atoms with Gasteiger partial charge in [-0.05, 0) is 0 Å². The molecule has 1 N–H and O–H groups in total. The van der Waals surface area contributed by atoms with Crippen LogP contribution in [-0.2, 0) is 9.53 Å². The highest BCUT2D eigenvalue weighted by Gasteiger charge is 1.97. The molecule has 0 rings (SSSR count). The Labute approximate surface area is 83.9 Å². The van der Waals surface area contributed by atoms with Crippen molar-refractivity contribution >= 4 is 17.7 Å². The first-order valence-electron chi connectivity index (χ1n) is 4.27. The Hall–Kier alpha value is -0.480. The Bertz CT molecular complexity index is 151. The minimum absolute atomic E-state index is 0.161. The molecule has 0 spiro atoms. The van der Waals surface area contributed by atoms with Gasteiger partial charge in [-0.2, -0.15) is 11.8 Å². The van der Waals surface area contributed by atoms with Gasteiger partial charge >= 0.3 is 5.97 Å². The highest BCUT2D eigenvalue weighted by molar-refractivity contribution is 7.99. The van der Waals surface area contributed by atoms with E-state index in [0.717, 1.165) is 18.1 Å². The maximum absolute atomic E-state index is 10.7. The third kappa shape index (κ3) is 9.43. The van der Waals surface area contributed by atoms with Gasteiger partial charge in [-0.15, -0.1) is 6.58 Å². The molecule has 0 radical (unpaired) electrons. The van der Waals surface area contributed by atoms with Crippen LogP contribution in [0.1, 0.15) is 6.42 Å². The van der Waals surface area contributed by atoms with E-state index in [1.807, 2.05) is 17.8 Å². The van der Waals surface area contributed by atoms with Crippen LogP contribution in [0, 0.1) is 0 Å². The predicted molar refractivity (Wildman–Crippen MR) is 57.0 cm³/mol. The van der Waals surface area contributed by atoms with Gasteiger partial charge in [-0.1, -0.05) is 6.08 Å². The van der Waals surface area contributed by atoms with Gasteiger partial charge in [0.1, 0.15) is 0 Å². The predicted octanol–water partition coefficient (Wildman–Crippen LogP) is 1.06. The molecule has 0 aliphatic carbocycles. The number of carbonyl (C=O) groups excluding carboxylic acids is 1. The molecular weight excluding hydrogens is 186 g/mol. The van der Waals surface area contributed by atoms with E-state index in [-0.39, 0.29) is 5.97 Å². The van der Waals surface area contributed by atoms with Crippen molar-refractivity contribution in [1.29, 1.82) is 0 Å². The van der Waals surface area contributed by atoms with Crippen molar-refractivity contribution < 1.29 is 9.53 Å². The number of nitrogens with one attached hydrogen (secondary N) is 1. The molecule has 0 bridgehead atoms. The first-order chi connectivity index (χ1) is 6.31. The first-order valence-corrected chi connectivity index (χ1v) is 5.43. The second-order valence-corrected chi connectivity index (χ2v) is 3.59. The van der Waals surface area contributed by atoms with Gasteiger partial charge < -0.3 is 10.1 Å². The highest BCUT2D eigenvalue weighted by atomic mass is 32.2. The molecule has 0 amide bonds. The molecular formula is C9H17NO2S. The van der Waals surface area contributed by atoms with Crippen LogP contribution in [0.25, 0.3) is 0 Å². The molecule has 76 valence electrons. The topological polar surface area (TPSA) is 38.3 Å². The lowest BCUT2D eigenvalue weighted by molar-refractivity contribution is -0.140. The molecule has 0 aromatic rings. The van der Waals surface area contributed by atoms with E-state index in [0.29, 0.717) is 13.0 Å². The van der Waals surface area contributed by atoms with Crippen LogP contribution in [0.3, 0.4) is 0 Å². The number of ether oxygens (including phenoxy) is 1. The summed E-state index contributed by atoms with van der Waals surface area (Å²) in [5, 5.41) is 3.15. The van der Waals surface area contributed by atoms with Crippen LogP contribution in [0.5, 0.6) is 0 Å². The van der Waals surface area contributed by atoms with Gasteiger partial charge in [0.05, 0.1) is 13.5 Å². The van der Waals surface area contributed by atoms with E-state index in [1.54, 1.807) is 0 Å². The minimum Gasteiger partial charge on any atom is -0.469 e. The molecule has 0 aromatic carbocycles. The maximum Gasteiger partial charge on any atom is 0.306 e. The minimum atomic E-state index is -0.161. The van der Waals surface area contributed by atoms with Gasteiger partial charge in [-0.25, -0.2) is 0 Å². The van der Waals surface area contributed by atoms with Crippen LogP contribution in [0.15, 0.2) is 12.7 Å². The van der Waals surface area contributed by atoms with Gasteiger partial charge in [0.15, 0.2) is 0 Å². The van der Waals surface area contributed by atoms with Gasteiger partial charge in [-0.3, -0.25) is 4.79 Å². The molecule has 4 heteroatoms. The van der Waals surface area contributed by atoms with Gasteiger partial charge in [0.2, 0.25) is 0 Å². The lowest BCUT2D eigenvalue weighted by atomic mass is 10.4. The Balaban J connectivity index is 2.99. The number of rotatable bonds is 8. The largest absolute Gasteiger partial charge is 0.469 e. The van der Waals surface area contributed by atoms with Crippen LogP contribution < -0.4 is 5.32 Å². The van der Waals surface area contributed by atoms with Crippen LogP contribution in [-0.4, -0.2) is 37.7 Å². The van der Waals surface area contributed by atoms with E-state index in [2.05, 4.69) is 16.6 Å². The second-order valence-electron chi connectivity index (χ2n) is 2.44.